The highest BCUT2D eigenvalue weighted by Crippen LogP contribution is 2.25. The third kappa shape index (κ3) is 4.43. The third-order valence-electron chi connectivity index (χ3n) is 4.57. The Hall–Kier alpha value is -1.80. The number of halogens is 3. The van der Waals surface area contributed by atoms with Crippen LogP contribution < -0.4 is 0 Å². The second-order valence-corrected chi connectivity index (χ2v) is 6.26. The number of carbonyl (C=O) groups is 1. The summed E-state index contributed by atoms with van der Waals surface area (Å²) >= 11 is 0. The third-order valence-corrected chi connectivity index (χ3v) is 4.57. The van der Waals surface area contributed by atoms with Gasteiger partial charge in [0.05, 0.1) is 19.3 Å². The molecule has 5 nitrogen and oxygen atoms in total. The van der Waals surface area contributed by atoms with Gasteiger partial charge in [0.2, 0.25) is 0 Å². The van der Waals surface area contributed by atoms with Crippen LogP contribution in [0.4, 0.5) is 18.0 Å². The zero-order valence-corrected chi connectivity index (χ0v) is 13.8. The van der Waals surface area contributed by atoms with Gasteiger partial charge in [0.15, 0.2) is 0 Å². The van der Waals surface area contributed by atoms with Crippen molar-refractivity contribution in [3.63, 3.8) is 0 Å². The van der Waals surface area contributed by atoms with Crippen LogP contribution in [0.25, 0.3) is 0 Å². The second-order valence-electron chi connectivity index (χ2n) is 6.26. The minimum atomic E-state index is -0.708. The van der Waals surface area contributed by atoms with E-state index < -0.39 is 24.4 Å². The van der Waals surface area contributed by atoms with Crippen molar-refractivity contribution in [3.05, 3.63) is 35.4 Å². The summed E-state index contributed by atoms with van der Waals surface area (Å²) in [7, 11) is 0. The molecule has 1 aromatic carbocycles. The topological polar surface area (TPSA) is 42.0 Å². The molecule has 0 aromatic heterocycles. The van der Waals surface area contributed by atoms with E-state index in [0.717, 1.165) is 6.07 Å². The van der Waals surface area contributed by atoms with Crippen molar-refractivity contribution in [2.75, 3.05) is 39.5 Å². The number of amides is 1. The first kappa shape index (κ1) is 18.0. The number of hydrogen-bond donors (Lipinski definition) is 0. The number of carbonyl (C=O) groups excluding carboxylic acids is 1. The maximum absolute atomic E-state index is 13.4. The number of piperidine rings is 1. The minimum Gasteiger partial charge on any atom is -0.447 e. The maximum atomic E-state index is 13.4. The van der Waals surface area contributed by atoms with Crippen LogP contribution in [0.5, 0.6) is 0 Å². The summed E-state index contributed by atoms with van der Waals surface area (Å²) in [6, 6.07) is 3.58. The first-order valence-electron chi connectivity index (χ1n) is 8.35. The number of ether oxygens (including phenoxy) is 2. The van der Waals surface area contributed by atoms with Gasteiger partial charge in [0.1, 0.15) is 24.9 Å². The van der Waals surface area contributed by atoms with Gasteiger partial charge in [-0.2, -0.15) is 0 Å². The molecule has 0 saturated carbocycles. The van der Waals surface area contributed by atoms with Crippen molar-refractivity contribution in [3.8, 4) is 0 Å². The highest BCUT2D eigenvalue weighted by atomic mass is 19.1. The molecule has 0 aliphatic carbocycles. The number of benzene rings is 1. The van der Waals surface area contributed by atoms with Gasteiger partial charge in [0.25, 0.3) is 0 Å². The molecule has 1 amide bonds. The SMILES string of the molecule is O=C(OCCF)N1CC[C@H]2[C@H](C1)OCCN2Cc1cc(F)cc(F)c1. The van der Waals surface area contributed by atoms with E-state index >= 15 is 0 Å². The zero-order valence-electron chi connectivity index (χ0n) is 13.8. The summed E-state index contributed by atoms with van der Waals surface area (Å²) in [6.07, 6.45) is -0.0736. The molecule has 2 atom stereocenters. The molecular formula is C17H21F3N2O3. The number of likely N-dealkylation sites (tertiary alicyclic amines) is 1. The molecular weight excluding hydrogens is 337 g/mol. The second kappa shape index (κ2) is 8.05. The first-order valence-corrected chi connectivity index (χ1v) is 8.35. The average Bonchev–Trinajstić information content (AvgIpc) is 2.58. The standard InChI is InChI=1S/C17H21F3N2O3/c18-2-5-25-17(23)22-3-1-15-16(11-22)24-6-4-21(15)10-12-7-13(19)9-14(20)8-12/h7-9,15-16H,1-6,10-11H2/t15-,16-/m0/s1. The Bertz CT molecular complexity index is 597. The Balaban J connectivity index is 1.62. The van der Waals surface area contributed by atoms with Crippen LogP contribution >= 0.6 is 0 Å². The largest absolute Gasteiger partial charge is 0.447 e. The summed E-state index contributed by atoms with van der Waals surface area (Å²) in [6.45, 7) is 1.44. The van der Waals surface area contributed by atoms with E-state index in [4.69, 9.17) is 9.47 Å². The number of nitrogens with zero attached hydrogens (tertiary/aromatic N) is 2. The zero-order chi connectivity index (χ0) is 17.8. The van der Waals surface area contributed by atoms with Gasteiger partial charge in [-0.25, -0.2) is 18.0 Å². The van der Waals surface area contributed by atoms with E-state index in [9.17, 15) is 18.0 Å². The lowest BCUT2D eigenvalue weighted by molar-refractivity contribution is -0.104. The minimum absolute atomic E-state index is 0.0605. The normalized spacial score (nSPS) is 24.0. The van der Waals surface area contributed by atoms with Crippen molar-refractivity contribution in [1.29, 1.82) is 0 Å². The lowest BCUT2D eigenvalue weighted by atomic mass is 9.98. The molecule has 2 aliphatic rings. The Labute approximate surface area is 144 Å². The highest BCUT2D eigenvalue weighted by molar-refractivity contribution is 5.67. The fourth-order valence-corrected chi connectivity index (χ4v) is 3.49. The lowest BCUT2D eigenvalue weighted by Gasteiger charge is -2.46. The summed E-state index contributed by atoms with van der Waals surface area (Å²) in [5.41, 5.74) is 0.572. The Morgan fingerprint density at radius 1 is 1.24 bits per heavy atom. The Morgan fingerprint density at radius 2 is 2.00 bits per heavy atom. The van der Waals surface area contributed by atoms with Gasteiger partial charge >= 0.3 is 6.09 Å². The Kier molecular flexibility index (Phi) is 5.80. The molecule has 3 rings (SSSR count). The van der Waals surface area contributed by atoms with E-state index in [0.29, 0.717) is 44.8 Å². The van der Waals surface area contributed by atoms with Crippen molar-refractivity contribution in [2.24, 2.45) is 0 Å². The van der Waals surface area contributed by atoms with Crippen LogP contribution in [0.15, 0.2) is 18.2 Å². The quantitative estimate of drug-likeness (QED) is 0.829. The van der Waals surface area contributed by atoms with Crippen molar-refractivity contribution in [1.82, 2.24) is 9.80 Å². The van der Waals surface area contributed by atoms with Gasteiger partial charge in [0, 0.05) is 31.7 Å². The van der Waals surface area contributed by atoms with E-state index in [1.807, 2.05) is 0 Å². The molecule has 138 valence electrons. The number of rotatable bonds is 4. The van der Waals surface area contributed by atoms with Gasteiger partial charge in [-0.15, -0.1) is 0 Å². The molecule has 2 saturated heterocycles. The summed E-state index contributed by atoms with van der Waals surface area (Å²) in [5.74, 6) is -1.18. The number of morpholine rings is 1. The monoisotopic (exact) mass is 358 g/mol. The molecule has 0 unspecified atom stereocenters. The van der Waals surface area contributed by atoms with Crippen LogP contribution in [0, 0.1) is 11.6 Å². The average molecular weight is 358 g/mol. The van der Waals surface area contributed by atoms with Gasteiger partial charge < -0.3 is 14.4 Å². The maximum Gasteiger partial charge on any atom is 0.409 e. The molecule has 0 spiro atoms. The summed E-state index contributed by atoms with van der Waals surface area (Å²) in [4.78, 5) is 15.5. The molecule has 2 aliphatic heterocycles. The molecule has 8 heteroatoms. The van der Waals surface area contributed by atoms with Crippen molar-refractivity contribution >= 4 is 6.09 Å². The van der Waals surface area contributed by atoms with E-state index in [-0.39, 0.29) is 18.8 Å². The summed E-state index contributed by atoms with van der Waals surface area (Å²) < 4.78 is 49.5. The Morgan fingerprint density at radius 3 is 2.72 bits per heavy atom. The molecule has 0 bridgehead atoms. The van der Waals surface area contributed by atoms with E-state index in [1.54, 1.807) is 0 Å². The fourth-order valence-electron chi connectivity index (χ4n) is 3.49. The molecule has 0 N–H and O–H groups in total. The molecule has 1 aromatic rings. The van der Waals surface area contributed by atoms with Crippen LogP contribution in [0.3, 0.4) is 0 Å². The van der Waals surface area contributed by atoms with Gasteiger partial charge in [-0.1, -0.05) is 0 Å². The fraction of sp³-hybridized carbons (Fsp3) is 0.588. The van der Waals surface area contributed by atoms with Crippen molar-refractivity contribution in [2.45, 2.75) is 25.1 Å². The van der Waals surface area contributed by atoms with Gasteiger partial charge in [-0.05, 0) is 24.1 Å². The predicted octanol–water partition coefficient (Wildman–Crippen LogP) is 2.35. The first-order chi connectivity index (χ1) is 12.1. The number of alkyl halides is 1. The smallest absolute Gasteiger partial charge is 0.409 e. The number of fused-ring (bicyclic) bond motifs is 1. The number of hydrogen-bond acceptors (Lipinski definition) is 4. The molecule has 2 heterocycles. The van der Waals surface area contributed by atoms with E-state index in [1.165, 1.54) is 17.0 Å². The molecule has 0 radical (unpaired) electrons. The van der Waals surface area contributed by atoms with Crippen LogP contribution in [-0.4, -0.2) is 67.6 Å². The van der Waals surface area contributed by atoms with Gasteiger partial charge in [-0.3, -0.25) is 4.90 Å². The van der Waals surface area contributed by atoms with Crippen LogP contribution in [0.2, 0.25) is 0 Å². The van der Waals surface area contributed by atoms with E-state index in [2.05, 4.69) is 4.90 Å². The highest BCUT2D eigenvalue weighted by Gasteiger charge is 2.38. The lowest BCUT2D eigenvalue weighted by Crippen LogP contribution is -2.59. The summed E-state index contributed by atoms with van der Waals surface area (Å²) in [5, 5.41) is 0. The van der Waals surface area contributed by atoms with Crippen LogP contribution in [-0.2, 0) is 16.0 Å². The molecule has 25 heavy (non-hydrogen) atoms. The molecule has 2 fully saturated rings. The predicted molar refractivity (Wildman–Crippen MR) is 83.8 cm³/mol. The van der Waals surface area contributed by atoms with Crippen LogP contribution in [0.1, 0.15) is 12.0 Å². The van der Waals surface area contributed by atoms with Crippen molar-refractivity contribution < 1.29 is 27.4 Å².